The predicted molar refractivity (Wildman–Crippen MR) is 88.6 cm³/mol. The van der Waals surface area contributed by atoms with Crippen LogP contribution in [0, 0.1) is 6.92 Å². The third-order valence-corrected chi connectivity index (χ3v) is 4.18. The van der Waals surface area contributed by atoms with Gasteiger partial charge in [-0.05, 0) is 51.3 Å². The molecule has 1 heterocycles. The molecule has 2 N–H and O–H groups in total. The summed E-state index contributed by atoms with van der Waals surface area (Å²) in [4.78, 5) is 4.34. The van der Waals surface area contributed by atoms with E-state index >= 15 is 0 Å². The second-order valence-electron chi connectivity index (χ2n) is 4.87. The maximum absolute atomic E-state index is 5.95. The fourth-order valence-electron chi connectivity index (χ4n) is 2.24. The Morgan fingerprint density at radius 1 is 1.19 bits per heavy atom. The Kier molecular flexibility index (Phi) is 3.90. The summed E-state index contributed by atoms with van der Waals surface area (Å²) in [6.07, 6.45) is 1.75. The van der Waals surface area contributed by atoms with Crippen molar-refractivity contribution in [3.8, 4) is 11.6 Å². The molecule has 3 rings (SSSR count). The van der Waals surface area contributed by atoms with Crippen LogP contribution in [0.1, 0.15) is 11.1 Å². The summed E-state index contributed by atoms with van der Waals surface area (Å²) >= 11 is 3.62. The molecule has 21 heavy (non-hydrogen) atoms. The molecule has 0 aliphatic heterocycles. The van der Waals surface area contributed by atoms with Crippen molar-refractivity contribution in [3.63, 3.8) is 0 Å². The number of hydrogen-bond acceptors (Lipinski definition) is 3. The Morgan fingerprint density at radius 2 is 2.00 bits per heavy atom. The first-order chi connectivity index (χ1) is 10.2. The van der Waals surface area contributed by atoms with Crippen molar-refractivity contribution in [1.29, 1.82) is 0 Å². The van der Waals surface area contributed by atoms with Gasteiger partial charge in [-0.2, -0.15) is 0 Å². The third kappa shape index (κ3) is 2.77. The number of pyridine rings is 1. The lowest BCUT2D eigenvalue weighted by atomic mass is 10.1. The summed E-state index contributed by atoms with van der Waals surface area (Å²) in [6, 6.07) is 14.1. The van der Waals surface area contributed by atoms with Crippen molar-refractivity contribution in [3.05, 3.63) is 64.3 Å². The minimum atomic E-state index is 0.480. The number of nitrogens with zero attached hydrogens (tertiary/aromatic N) is 1. The summed E-state index contributed by atoms with van der Waals surface area (Å²) in [5.41, 5.74) is 7.59. The normalized spacial score (nSPS) is 10.8. The number of aryl methyl sites for hydroxylation is 1. The third-order valence-electron chi connectivity index (χ3n) is 3.36. The molecule has 4 heteroatoms. The molecule has 3 aromatic rings. The monoisotopic (exact) mass is 342 g/mol. The van der Waals surface area contributed by atoms with Gasteiger partial charge in [0.15, 0.2) is 0 Å². The number of hydrogen-bond donors (Lipinski definition) is 1. The fourth-order valence-corrected chi connectivity index (χ4v) is 2.81. The van der Waals surface area contributed by atoms with Gasteiger partial charge >= 0.3 is 0 Å². The van der Waals surface area contributed by atoms with Gasteiger partial charge in [0.25, 0.3) is 0 Å². The smallest absolute Gasteiger partial charge is 0.222 e. The van der Waals surface area contributed by atoms with Gasteiger partial charge < -0.3 is 10.5 Å². The molecule has 1 aromatic heterocycles. The minimum Gasteiger partial charge on any atom is -0.438 e. The Balaban J connectivity index is 2.00. The molecule has 0 unspecified atom stereocenters. The van der Waals surface area contributed by atoms with E-state index in [1.807, 2.05) is 37.3 Å². The van der Waals surface area contributed by atoms with E-state index in [2.05, 4.69) is 33.0 Å². The van der Waals surface area contributed by atoms with Crippen LogP contribution in [0.15, 0.2) is 53.1 Å². The van der Waals surface area contributed by atoms with E-state index in [0.29, 0.717) is 12.4 Å². The van der Waals surface area contributed by atoms with Crippen molar-refractivity contribution < 1.29 is 4.74 Å². The average molecular weight is 343 g/mol. The zero-order valence-corrected chi connectivity index (χ0v) is 13.2. The summed E-state index contributed by atoms with van der Waals surface area (Å²) in [6.45, 7) is 2.45. The summed E-state index contributed by atoms with van der Waals surface area (Å²) < 4.78 is 6.88. The predicted octanol–water partition coefficient (Wildman–Crippen LogP) is 4.56. The number of rotatable bonds is 3. The molecule has 0 aliphatic rings. The lowest BCUT2D eigenvalue weighted by Crippen LogP contribution is -1.99. The van der Waals surface area contributed by atoms with E-state index in [4.69, 9.17) is 10.5 Å². The van der Waals surface area contributed by atoms with E-state index < -0.39 is 0 Å². The molecule has 0 fully saturated rings. The molecule has 0 saturated heterocycles. The van der Waals surface area contributed by atoms with E-state index in [9.17, 15) is 0 Å². The van der Waals surface area contributed by atoms with Crippen LogP contribution in [0.5, 0.6) is 11.6 Å². The Hall–Kier alpha value is -1.91. The molecule has 0 atom stereocenters. The molecule has 0 spiro atoms. The van der Waals surface area contributed by atoms with E-state index in [1.54, 1.807) is 6.20 Å². The highest BCUT2D eigenvalue weighted by atomic mass is 79.9. The van der Waals surface area contributed by atoms with Gasteiger partial charge in [-0.1, -0.05) is 30.3 Å². The van der Waals surface area contributed by atoms with Gasteiger partial charge in [-0.15, -0.1) is 0 Å². The lowest BCUT2D eigenvalue weighted by molar-refractivity contribution is 0.456. The van der Waals surface area contributed by atoms with Crippen molar-refractivity contribution in [2.24, 2.45) is 5.73 Å². The zero-order valence-electron chi connectivity index (χ0n) is 11.6. The van der Waals surface area contributed by atoms with Crippen LogP contribution in [0.3, 0.4) is 0 Å². The zero-order chi connectivity index (χ0) is 14.8. The van der Waals surface area contributed by atoms with E-state index in [1.165, 1.54) is 5.39 Å². The SMILES string of the molecule is Cc1cc(CN)cnc1Oc1ccc2ccccc2c1Br. The van der Waals surface area contributed by atoms with Gasteiger partial charge in [0.05, 0.1) is 4.47 Å². The maximum atomic E-state index is 5.95. The van der Waals surface area contributed by atoms with Crippen molar-refractivity contribution in [2.45, 2.75) is 13.5 Å². The van der Waals surface area contributed by atoms with Crippen LogP contribution < -0.4 is 10.5 Å². The number of halogens is 1. The first-order valence-electron chi connectivity index (χ1n) is 6.69. The number of fused-ring (bicyclic) bond motifs is 1. The standard InChI is InChI=1S/C17H15BrN2O/c1-11-8-12(9-19)10-20-17(11)21-15-7-6-13-4-2-3-5-14(13)16(15)18/h2-8,10H,9,19H2,1H3. The number of nitrogens with two attached hydrogens (primary N) is 1. The van der Waals surface area contributed by atoms with Crippen LogP contribution in [0.25, 0.3) is 10.8 Å². The van der Waals surface area contributed by atoms with Crippen molar-refractivity contribution in [1.82, 2.24) is 4.98 Å². The van der Waals surface area contributed by atoms with Gasteiger partial charge in [0, 0.05) is 18.3 Å². The molecule has 0 saturated carbocycles. The Labute approximate surface area is 131 Å². The van der Waals surface area contributed by atoms with Crippen molar-refractivity contribution >= 4 is 26.7 Å². The molecular weight excluding hydrogens is 328 g/mol. The van der Waals surface area contributed by atoms with Crippen LogP contribution in [-0.2, 0) is 6.54 Å². The van der Waals surface area contributed by atoms with Gasteiger partial charge in [-0.3, -0.25) is 0 Å². The Morgan fingerprint density at radius 3 is 2.76 bits per heavy atom. The topological polar surface area (TPSA) is 48.1 Å². The van der Waals surface area contributed by atoms with Crippen LogP contribution >= 0.6 is 15.9 Å². The molecule has 106 valence electrons. The lowest BCUT2D eigenvalue weighted by Gasteiger charge is -2.11. The molecule has 2 aromatic carbocycles. The van der Waals surface area contributed by atoms with Gasteiger partial charge in [0.1, 0.15) is 5.75 Å². The minimum absolute atomic E-state index is 0.480. The number of ether oxygens (including phenoxy) is 1. The molecule has 0 amide bonds. The first-order valence-corrected chi connectivity index (χ1v) is 7.49. The molecule has 3 nitrogen and oxygen atoms in total. The largest absolute Gasteiger partial charge is 0.438 e. The molecule has 0 radical (unpaired) electrons. The highest BCUT2D eigenvalue weighted by Gasteiger charge is 2.09. The second-order valence-corrected chi connectivity index (χ2v) is 5.66. The summed E-state index contributed by atoms with van der Waals surface area (Å²) in [5, 5.41) is 2.28. The van der Waals surface area contributed by atoms with E-state index in [0.717, 1.165) is 26.7 Å². The van der Waals surface area contributed by atoms with Crippen molar-refractivity contribution in [2.75, 3.05) is 0 Å². The molecule has 0 bridgehead atoms. The Bertz CT molecular complexity index is 802. The highest BCUT2D eigenvalue weighted by Crippen LogP contribution is 2.36. The quantitative estimate of drug-likeness (QED) is 0.759. The fraction of sp³-hybridized carbons (Fsp3) is 0.118. The number of benzene rings is 2. The second kappa shape index (κ2) is 5.84. The first kappa shape index (κ1) is 14.0. The molecule has 0 aliphatic carbocycles. The van der Waals surface area contributed by atoms with Gasteiger partial charge in [-0.25, -0.2) is 4.98 Å². The van der Waals surface area contributed by atoms with Gasteiger partial charge in [0.2, 0.25) is 5.88 Å². The van der Waals surface area contributed by atoms with Crippen LogP contribution in [0.2, 0.25) is 0 Å². The van der Waals surface area contributed by atoms with Crippen LogP contribution in [-0.4, -0.2) is 4.98 Å². The number of aromatic nitrogens is 1. The van der Waals surface area contributed by atoms with E-state index in [-0.39, 0.29) is 0 Å². The van der Waals surface area contributed by atoms with Crippen LogP contribution in [0.4, 0.5) is 0 Å². The average Bonchev–Trinajstić information content (AvgIpc) is 2.52. The summed E-state index contributed by atoms with van der Waals surface area (Å²) in [7, 11) is 0. The summed E-state index contributed by atoms with van der Waals surface area (Å²) in [5.74, 6) is 1.35. The molecular formula is C17H15BrN2O. The highest BCUT2D eigenvalue weighted by molar-refractivity contribution is 9.10. The maximum Gasteiger partial charge on any atom is 0.222 e.